The van der Waals surface area contributed by atoms with Crippen LogP contribution in [0.15, 0.2) is 18.2 Å². The maximum absolute atomic E-state index is 12.1. The van der Waals surface area contributed by atoms with E-state index >= 15 is 0 Å². The predicted octanol–water partition coefficient (Wildman–Crippen LogP) is 2.79. The van der Waals surface area contributed by atoms with Crippen molar-refractivity contribution in [2.24, 2.45) is 5.92 Å². The van der Waals surface area contributed by atoms with Crippen LogP contribution in [0.3, 0.4) is 0 Å². The van der Waals surface area contributed by atoms with E-state index in [4.69, 9.17) is 0 Å². The van der Waals surface area contributed by atoms with Gasteiger partial charge in [0.05, 0.1) is 12.1 Å². The molecule has 1 aliphatic carbocycles. The molecule has 4 heteroatoms. The van der Waals surface area contributed by atoms with Crippen molar-refractivity contribution in [3.8, 4) is 11.5 Å². The number of rotatable bonds is 5. The molecule has 1 saturated carbocycles. The van der Waals surface area contributed by atoms with Crippen LogP contribution in [0.25, 0.3) is 0 Å². The lowest BCUT2D eigenvalue weighted by Gasteiger charge is -2.26. The van der Waals surface area contributed by atoms with Gasteiger partial charge >= 0.3 is 0 Å². The Hall–Kier alpha value is -1.55. The molecule has 1 aliphatic rings. The third kappa shape index (κ3) is 3.97. The summed E-state index contributed by atoms with van der Waals surface area (Å²) >= 11 is 0. The summed E-state index contributed by atoms with van der Waals surface area (Å²) in [6.07, 6.45) is 6.43. The summed E-state index contributed by atoms with van der Waals surface area (Å²) in [5.74, 6) is 0.395. The molecule has 20 heavy (non-hydrogen) atoms. The number of Topliss-reactive ketones (excluding diaryl/α,β-unsaturated/α-hetero) is 1. The van der Waals surface area contributed by atoms with Gasteiger partial charge in [0.15, 0.2) is 5.78 Å². The summed E-state index contributed by atoms with van der Waals surface area (Å²) < 4.78 is 0. The highest BCUT2D eigenvalue weighted by atomic mass is 16.3. The van der Waals surface area contributed by atoms with Crippen LogP contribution in [-0.2, 0) is 0 Å². The van der Waals surface area contributed by atoms with E-state index in [1.54, 1.807) is 0 Å². The van der Waals surface area contributed by atoms with E-state index in [-0.39, 0.29) is 22.8 Å². The second kappa shape index (κ2) is 6.75. The quantitative estimate of drug-likeness (QED) is 0.812. The first kappa shape index (κ1) is 14.9. The zero-order valence-corrected chi connectivity index (χ0v) is 12.0. The number of hydrogen-bond acceptors (Lipinski definition) is 4. The van der Waals surface area contributed by atoms with Gasteiger partial charge in [0, 0.05) is 12.6 Å². The Kier molecular flexibility index (Phi) is 5.01. The van der Waals surface area contributed by atoms with Crippen molar-refractivity contribution < 1.29 is 15.0 Å². The van der Waals surface area contributed by atoms with Gasteiger partial charge in [0.2, 0.25) is 0 Å². The highest BCUT2D eigenvalue weighted by Gasteiger charge is 2.18. The Bertz CT molecular complexity index is 467. The Morgan fingerprint density at radius 2 is 1.95 bits per heavy atom. The molecule has 0 saturated heterocycles. The minimum absolute atomic E-state index is 0.0328. The van der Waals surface area contributed by atoms with Crippen molar-refractivity contribution in [1.29, 1.82) is 0 Å². The molecule has 1 aromatic carbocycles. The van der Waals surface area contributed by atoms with E-state index in [0.29, 0.717) is 12.5 Å². The molecule has 0 radical (unpaired) electrons. The molecule has 4 nitrogen and oxygen atoms in total. The third-order valence-corrected chi connectivity index (χ3v) is 3.99. The number of carbonyl (C=O) groups excluding carboxylic acids is 1. The summed E-state index contributed by atoms with van der Waals surface area (Å²) in [6.45, 7) is 1.24. The molecule has 2 rings (SSSR count). The molecule has 0 amide bonds. The summed E-state index contributed by atoms with van der Waals surface area (Å²) in [7, 11) is 1.95. The van der Waals surface area contributed by atoms with Gasteiger partial charge in [-0.2, -0.15) is 0 Å². The van der Waals surface area contributed by atoms with Crippen molar-refractivity contribution in [2.45, 2.75) is 32.1 Å². The van der Waals surface area contributed by atoms with E-state index in [1.807, 2.05) is 11.9 Å². The minimum Gasteiger partial charge on any atom is -0.508 e. The number of phenols is 2. The average Bonchev–Trinajstić information content (AvgIpc) is 2.39. The van der Waals surface area contributed by atoms with Gasteiger partial charge in [-0.15, -0.1) is 0 Å². The number of hydrogen-bond donors (Lipinski definition) is 2. The Morgan fingerprint density at radius 3 is 2.60 bits per heavy atom. The minimum atomic E-state index is -0.152. The zero-order chi connectivity index (χ0) is 14.5. The Balaban J connectivity index is 1.89. The van der Waals surface area contributed by atoms with Crippen molar-refractivity contribution in [3.63, 3.8) is 0 Å². The first-order valence-electron chi connectivity index (χ1n) is 7.30. The zero-order valence-electron chi connectivity index (χ0n) is 12.0. The molecular formula is C16H23NO3. The molecule has 2 N–H and O–H groups in total. The average molecular weight is 277 g/mol. The van der Waals surface area contributed by atoms with Gasteiger partial charge in [-0.3, -0.25) is 9.69 Å². The molecule has 0 aliphatic heterocycles. The van der Waals surface area contributed by atoms with Gasteiger partial charge in [-0.25, -0.2) is 0 Å². The van der Waals surface area contributed by atoms with Gasteiger partial charge in [-0.05, 0) is 37.9 Å². The van der Waals surface area contributed by atoms with Crippen LogP contribution >= 0.6 is 0 Å². The topological polar surface area (TPSA) is 60.8 Å². The van der Waals surface area contributed by atoms with Crippen LogP contribution in [0, 0.1) is 5.92 Å². The molecule has 0 bridgehead atoms. The monoisotopic (exact) mass is 277 g/mol. The maximum atomic E-state index is 12.1. The number of phenolic OH excluding ortho intramolecular Hbond substituents is 2. The first-order chi connectivity index (χ1) is 9.56. The van der Waals surface area contributed by atoms with E-state index in [9.17, 15) is 15.0 Å². The fourth-order valence-electron chi connectivity index (χ4n) is 2.96. The highest BCUT2D eigenvalue weighted by Crippen LogP contribution is 2.25. The van der Waals surface area contributed by atoms with E-state index in [0.717, 1.165) is 6.54 Å². The van der Waals surface area contributed by atoms with Gasteiger partial charge in [-0.1, -0.05) is 19.3 Å². The van der Waals surface area contributed by atoms with Gasteiger partial charge < -0.3 is 10.2 Å². The molecular weight excluding hydrogens is 254 g/mol. The molecule has 0 spiro atoms. The molecule has 0 unspecified atom stereocenters. The number of likely N-dealkylation sites (N-methyl/N-ethyl adjacent to an activating group) is 1. The lowest BCUT2D eigenvalue weighted by molar-refractivity contribution is 0.0929. The summed E-state index contributed by atoms with van der Waals surface area (Å²) in [4.78, 5) is 14.2. The predicted molar refractivity (Wildman–Crippen MR) is 78.2 cm³/mol. The number of carbonyl (C=O) groups is 1. The third-order valence-electron chi connectivity index (χ3n) is 3.99. The molecule has 0 heterocycles. The highest BCUT2D eigenvalue weighted by molar-refractivity contribution is 6.00. The van der Waals surface area contributed by atoms with E-state index in [1.165, 1.54) is 50.3 Å². The lowest BCUT2D eigenvalue weighted by atomic mass is 9.89. The van der Waals surface area contributed by atoms with E-state index in [2.05, 4.69) is 0 Å². The van der Waals surface area contributed by atoms with Crippen LogP contribution in [-0.4, -0.2) is 41.0 Å². The summed E-state index contributed by atoms with van der Waals surface area (Å²) in [6, 6.07) is 4.10. The number of benzene rings is 1. The van der Waals surface area contributed by atoms with Crippen molar-refractivity contribution in [3.05, 3.63) is 23.8 Å². The van der Waals surface area contributed by atoms with Gasteiger partial charge in [0.1, 0.15) is 11.5 Å². The lowest BCUT2D eigenvalue weighted by Crippen LogP contribution is -2.31. The number of aromatic hydroxyl groups is 2. The Morgan fingerprint density at radius 1 is 1.25 bits per heavy atom. The van der Waals surface area contributed by atoms with Gasteiger partial charge in [0.25, 0.3) is 0 Å². The molecule has 110 valence electrons. The smallest absolute Gasteiger partial charge is 0.180 e. The van der Waals surface area contributed by atoms with Crippen LogP contribution in [0.5, 0.6) is 11.5 Å². The number of nitrogens with zero attached hydrogens (tertiary/aromatic N) is 1. The largest absolute Gasteiger partial charge is 0.508 e. The second-order valence-electron chi connectivity index (χ2n) is 5.83. The molecule has 0 aromatic heterocycles. The Labute approximate surface area is 120 Å². The molecule has 1 fully saturated rings. The summed E-state index contributed by atoms with van der Waals surface area (Å²) in [5.41, 5.74) is 0.276. The van der Waals surface area contributed by atoms with E-state index < -0.39 is 0 Å². The maximum Gasteiger partial charge on any atom is 0.180 e. The summed E-state index contributed by atoms with van der Waals surface area (Å²) in [5, 5.41) is 18.9. The first-order valence-corrected chi connectivity index (χ1v) is 7.30. The van der Waals surface area contributed by atoms with Crippen LogP contribution in [0.2, 0.25) is 0 Å². The standard InChI is InChI=1S/C16H23NO3/c1-17(10-12-5-3-2-4-6-12)11-16(20)14-8-7-13(18)9-15(14)19/h7-9,12,18-19H,2-6,10-11H2,1H3. The normalized spacial score (nSPS) is 16.5. The number of ketones is 1. The molecule has 1 aromatic rings. The SMILES string of the molecule is CN(CC(=O)c1ccc(O)cc1O)CC1CCCCC1. The van der Waals surface area contributed by atoms with Crippen molar-refractivity contribution in [1.82, 2.24) is 4.90 Å². The fourth-order valence-corrected chi connectivity index (χ4v) is 2.96. The van der Waals surface area contributed by atoms with Crippen LogP contribution in [0.4, 0.5) is 0 Å². The second-order valence-corrected chi connectivity index (χ2v) is 5.83. The van der Waals surface area contributed by atoms with Crippen molar-refractivity contribution in [2.75, 3.05) is 20.1 Å². The van der Waals surface area contributed by atoms with Crippen LogP contribution < -0.4 is 0 Å². The van der Waals surface area contributed by atoms with Crippen LogP contribution in [0.1, 0.15) is 42.5 Å². The molecule has 0 atom stereocenters. The fraction of sp³-hybridized carbons (Fsp3) is 0.562. The van der Waals surface area contributed by atoms with Crippen molar-refractivity contribution >= 4 is 5.78 Å².